The zero-order valence-electron chi connectivity index (χ0n) is 20.9. The summed E-state index contributed by atoms with van der Waals surface area (Å²) in [6, 6.07) is 21.2. The molecule has 0 radical (unpaired) electrons. The van der Waals surface area contributed by atoms with E-state index in [0.717, 1.165) is 22.7 Å². The highest BCUT2D eigenvalue weighted by molar-refractivity contribution is 7.92. The van der Waals surface area contributed by atoms with Crippen molar-refractivity contribution in [2.24, 2.45) is 0 Å². The number of sulfonamides is 1. The van der Waals surface area contributed by atoms with Gasteiger partial charge in [0.25, 0.3) is 10.0 Å². The van der Waals surface area contributed by atoms with Crippen LogP contribution in [0.1, 0.15) is 55.8 Å². The molecule has 3 aromatic carbocycles. The van der Waals surface area contributed by atoms with Gasteiger partial charge in [-0.3, -0.25) is 9.10 Å². The Bertz CT molecular complexity index is 1270. The fraction of sp³-hybridized carbons (Fsp3) is 0.345. The largest absolute Gasteiger partial charge is 0.494 e. The molecule has 1 atom stereocenters. The molecule has 0 bridgehead atoms. The highest BCUT2D eigenvalue weighted by Gasteiger charge is 2.28. The summed E-state index contributed by atoms with van der Waals surface area (Å²) in [5.41, 5.74) is 4.21. The normalized spacial score (nSPS) is 13.9. The number of fused-ring (bicyclic) bond motifs is 1. The lowest BCUT2D eigenvalue weighted by Gasteiger charge is -2.26. The quantitative estimate of drug-likeness (QED) is 0.398. The third-order valence-electron chi connectivity index (χ3n) is 6.57. The first-order valence-corrected chi connectivity index (χ1v) is 14.1. The molecule has 0 heterocycles. The fourth-order valence-electron chi connectivity index (χ4n) is 4.67. The second kappa shape index (κ2) is 11.6. The Labute approximate surface area is 214 Å². The average Bonchev–Trinajstić information content (AvgIpc) is 2.91. The molecule has 0 spiro atoms. The number of aryl methyl sites for hydroxylation is 2. The van der Waals surface area contributed by atoms with Gasteiger partial charge < -0.3 is 10.1 Å². The number of carbonyl (C=O) groups excluding carboxylic acids is 1. The van der Waals surface area contributed by atoms with Crippen LogP contribution in [0.2, 0.25) is 0 Å². The highest BCUT2D eigenvalue weighted by atomic mass is 32.2. The van der Waals surface area contributed by atoms with Crippen molar-refractivity contribution in [1.82, 2.24) is 5.32 Å². The molecule has 4 rings (SSSR count). The van der Waals surface area contributed by atoms with E-state index in [9.17, 15) is 13.2 Å². The third kappa shape index (κ3) is 5.90. The molecule has 1 aliphatic carbocycles. The maximum absolute atomic E-state index is 13.6. The summed E-state index contributed by atoms with van der Waals surface area (Å²) in [6.07, 6.45) is 5.28. The van der Waals surface area contributed by atoms with E-state index in [1.807, 2.05) is 13.8 Å². The fourth-order valence-corrected chi connectivity index (χ4v) is 6.11. The van der Waals surface area contributed by atoms with Crippen LogP contribution in [-0.2, 0) is 27.7 Å². The molecule has 0 saturated carbocycles. The van der Waals surface area contributed by atoms with Crippen molar-refractivity contribution < 1.29 is 17.9 Å². The zero-order chi connectivity index (χ0) is 25.5. The van der Waals surface area contributed by atoms with E-state index in [1.165, 1.54) is 36.1 Å². The predicted octanol–water partition coefficient (Wildman–Crippen LogP) is 5.43. The van der Waals surface area contributed by atoms with Gasteiger partial charge in [0.05, 0.1) is 23.2 Å². The molecule has 1 N–H and O–H groups in total. The third-order valence-corrected chi connectivity index (χ3v) is 8.36. The van der Waals surface area contributed by atoms with Crippen LogP contribution in [0.15, 0.2) is 77.7 Å². The summed E-state index contributed by atoms with van der Waals surface area (Å²) < 4.78 is 33.8. The van der Waals surface area contributed by atoms with E-state index in [-0.39, 0.29) is 23.4 Å². The van der Waals surface area contributed by atoms with E-state index in [0.29, 0.717) is 24.5 Å². The van der Waals surface area contributed by atoms with Crippen LogP contribution in [0.5, 0.6) is 5.75 Å². The molecule has 1 aliphatic rings. The van der Waals surface area contributed by atoms with Crippen LogP contribution >= 0.6 is 0 Å². The number of carbonyl (C=O) groups is 1. The molecule has 0 aliphatic heterocycles. The van der Waals surface area contributed by atoms with E-state index in [1.54, 1.807) is 42.5 Å². The van der Waals surface area contributed by atoms with E-state index < -0.39 is 10.0 Å². The Morgan fingerprint density at radius 1 is 0.944 bits per heavy atom. The minimum Gasteiger partial charge on any atom is -0.494 e. The van der Waals surface area contributed by atoms with Crippen molar-refractivity contribution in [3.8, 4) is 5.75 Å². The molecule has 6 nitrogen and oxygen atoms in total. The molecule has 0 fully saturated rings. The Kier molecular flexibility index (Phi) is 8.31. The Morgan fingerprint density at radius 3 is 2.31 bits per heavy atom. The molecule has 1 amide bonds. The Morgan fingerprint density at radius 2 is 1.64 bits per heavy atom. The molecule has 0 aromatic heterocycles. The van der Waals surface area contributed by atoms with Crippen LogP contribution in [0.4, 0.5) is 5.69 Å². The van der Waals surface area contributed by atoms with Gasteiger partial charge in [-0.25, -0.2) is 8.42 Å². The molecular weight excluding hydrogens is 472 g/mol. The molecule has 190 valence electrons. The van der Waals surface area contributed by atoms with Gasteiger partial charge >= 0.3 is 0 Å². The lowest BCUT2D eigenvalue weighted by atomic mass is 9.89. The molecule has 0 unspecified atom stereocenters. The summed E-state index contributed by atoms with van der Waals surface area (Å²) in [4.78, 5) is 13.4. The maximum Gasteiger partial charge on any atom is 0.264 e. The number of nitrogens with zero attached hydrogens (tertiary/aromatic N) is 1. The topological polar surface area (TPSA) is 75.7 Å². The lowest BCUT2D eigenvalue weighted by Crippen LogP contribution is -2.42. The summed E-state index contributed by atoms with van der Waals surface area (Å²) in [6.45, 7) is 4.09. The van der Waals surface area contributed by atoms with Gasteiger partial charge in [0.15, 0.2) is 0 Å². The molecule has 0 saturated heterocycles. The SMILES string of the molecule is CCOc1ccc(N(CC(=O)N[C@@H](CC)c2ccc3c(c2)CCCC3)S(=O)(=O)c2ccccc2)cc1. The molecule has 3 aromatic rings. The standard InChI is InChI=1S/C29H34N2O4S/c1-3-28(24-15-14-22-10-8-9-11-23(22)20-24)30-29(32)21-31(25-16-18-26(19-17-25)35-4-2)36(33,34)27-12-6-5-7-13-27/h5-7,12-20,28H,3-4,8-11,21H2,1-2H3,(H,30,32)/t28-/m0/s1. The summed E-state index contributed by atoms with van der Waals surface area (Å²) in [7, 11) is -3.96. The molecule has 7 heteroatoms. The van der Waals surface area contributed by atoms with Crippen LogP contribution in [0, 0.1) is 0 Å². The molecular formula is C29H34N2O4S. The van der Waals surface area contributed by atoms with Gasteiger partial charge in [0.2, 0.25) is 5.91 Å². The second-order valence-corrected chi connectivity index (χ2v) is 10.9. The first-order valence-electron chi connectivity index (χ1n) is 12.6. The first kappa shape index (κ1) is 25.8. The minimum atomic E-state index is -3.96. The van der Waals surface area contributed by atoms with Crippen molar-refractivity contribution in [1.29, 1.82) is 0 Å². The number of amides is 1. The maximum atomic E-state index is 13.6. The smallest absolute Gasteiger partial charge is 0.264 e. The van der Waals surface area contributed by atoms with Crippen molar-refractivity contribution in [2.75, 3.05) is 17.5 Å². The summed E-state index contributed by atoms with van der Waals surface area (Å²) >= 11 is 0. The van der Waals surface area contributed by atoms with Crippen molar-refractivity contribution >= 4 is 21.6 Å². The number of benzene rings is 3. The van der Waals surface area contributed by atoms with E-state index in [4.69, 9.17) is 4.74 Å². The molecule has 36 heavy (non-hydrogen) atoms. The monoisotopic (exact) mass is 506 g/mol. The number of ether oxygens (including phenoxy) is 1. The van der Waals surface area contributed by atoms with Gasteiger partial charge in [-0.1, -0.05) is 43.3 Å². The van der Waals surface area contributed by atoms with Gasteiger partial charge in [-0.15, -0.1) is 0 Å². The lowest BCUT2D eigenvalue weighted by molar-refractivity contribution is -0.120. The van der Waals surface area contributed by atoms with E-state index in [2.05, 4.69) is 23.5 Å². The van der Waals surface area contributed by atoms with Crippen LogP contribution in [-0.4, -0.2) is 27.5 Å². The van der Waals surface area contributed by atoms with Crippen LogP contribution in [0.3, 0.4) is 0 Å². The highest BCUT2D eigenvalue weighted by Crippen LogP contribution is 2.28. The van der Waals surface area contributed by atoms with Gasteiger partial charge in [0.1, 0.15) is 12.3 Å². The van der Waals surface area contributed by atoms with Crippen molar-refractivity contribution in [2.45, 2.75) is 56.9 Å². The van der Waals surface area contributed by atoms with Crippen molar-refractivity contribution in [3.05, 3.63) is 89.5 Å². The van der Waals surface area contributed by atoms with Crippen LogP contribution in [0.25, 0.3) is 0 Å². The zero-order valence-corrected chi connectivity index (χ0v) is 21.8. The summed E-state index contributed by atoms with van der Waals surface area (Å²) in [5.74, 6) is 0.286. The van der Waals surface area contributed by atoms with Crippen molar-refractivity contribution in [3.63, 3.8) is 0 Å². The average molecular weight is 507 g/mol. The number of hydrogen-bond acceptors (Lipinski definition) is 4. The first-order chi connectivity index (χ1) is 17.4. The Balaban J connectivity index is 1.58. The van der Waals surface area contributed by atoms with Gasteiger partial charge in [0, 0.05) is 0 Å². The second-order valence-electron chi connectivity index (χ2n) is 9.02. The van der Waals surface area contributed by atoms with Gasteiger partial charge in [-0.2, -0.15) is 0 Å². The number of nitrogens with one attached hydrogen (secondary N) is 1. The Hall–Kier alpha value is -3.32. The number of rotatable bonds is 10. The number of hydrogen-bond donors (Lipinski definition) is 1. The van der Waals surface area contributed by atoms with Gasteiger partial charge in [-0.05, 0) is 92.1 Å². The van der Waals surface area contributed by atoms with E-state index >= 15 is 0 Å². The number of anilines is 1. The summed E-state index contributed by atoms with van der Waals surface area (Å²) in [5, 5.41) is 3.08. The van der Waals surface area contributed by atoms with Crippen LogP contribution < -0.4 is 14.4 Å². The predicted molar refractivity (Wildman–Crippen MR) is 143 cm³/mol. The minimum absolute atomic E-state index is 0.133.